The first-order chi connectivity index (χ1) is 45.5. The van der Waals surface area contributed by atoms with E-state index in [-0.39, 0.29) is 47.6 Å². The number of nitrogens with one attached hydrogen (secondary N) is 9. The number of quaternary nitrogens is 1. The number of aliphatic imine (C=N–C) groups is 1. The molecule has 38 heteroatoms. The first-order valence-electron chi connectivity index (χ1n) is 31.0. The second-order valence-electron chi connectivity index (χ2n) is 24.6. The third-order valence-corrected chi connectivity index (χ3v) is 17.4. The van der Waals surface area contributed by atoms with Gasteiger partial charge in [-0.1, -0.05) is 63.2 Å². The van der Waals surface area contributed by atoms with Gasteiger partial charge in [-0.25, -0.2) is 5.32 Å². The number of ether oxygens (including phenoxy) is 6. The van der Waals surface area contributed by atoms with E-state index in [4.69, 9.17) is 39.9 Å². The molecular formula is C58H87N12O26+. The highest BCUT2D eigenvalue weighted by atomic mass is 16.7. The number of hydrogen-bond acceptors (Lipinski definition) is 31. The van der Waals surface area contributed by atoms with E-state index in [2.05, 4.69) is 47.5 Å². The molecule has 534 valence electrons. The van der Waals surface area contributed by atoms with Gasteiger partial charge in [0.05, 0.1) is 45.5 Å². The maximum atomic E-state index is 15.1. The topological polar surface area (TPSA) is 603 Å². The lowest BCUT2D eigenvalue weighted by atomic mass is 9.92. The van der Waals surface area contributed by atoms with Gasteiger partial charge in [-0.3, -0.25) is 53.9 Å². The number of esters is 1. The Labute approximate surface area is 547 Å². The van der Waals surface area contributed by atoms with Crippen molar-refractivity contribution in [2.45, 2.75) is 193 Å². The number of carbonyl (C=O) groups is 7. The number of rotatable bonds is 19. The average molecular weight is 1370 g/mol. The van der Waals surface area contributed by atoms with Crippen LogP contribution in [0.4, 0.5) is 0 Å². The summed E-state index contributed by atoms with van der Waals surface area (Å²) in [4.78, 5) is 104. The zero-order valence-corrected chi connectivity index (χ0v) is 52.2. The number of aliphatic hydroxyl groups is 13. The highest BCUT2D eigenvalue weighted by molar-refractivity contribution is 5.98. The van der Waals surface area contributed by atoms with Gasteiger partial charge in [0.2, 0.25) is 48.0 Å². The Balaban J connectivity index is 1.09. The summed E-state index contributed by atoms with van der Waals surface area (Å²) < 4.78 is 33.9. The van der Waals surface area contributed by atoms with Crippen LogP contribution in [-0.2, 0) is 63.7 Å². The number of aliphatic hydroxyl groups excluding tert-OH is 13. The Morgan fingerprint density at radius 2 is 1.27 bits per heavy atom. The molecule has 0 radical (unpaired) electrons. The van der Waals surface area contributed by atoms with E-state index in [9.17, 15) is 90.4 Å². The maximum Gasteiger partial charge on any atom is 0.306 e. The summed E-state index contributed by atoms with van der Waals surface area (Å²) in [6, 6.07) is 0.998. The molecule has 26 N–H and O–H groups in total. The Kier molecular flexibility index (Phi) is 25.7. The van der Waals surface area contributed by atoms with Crippen LogP contribution in [0.1, 0.15) is 44.2 Å². The van der Waals surface area contributed by atoms with Crippen LogP contribution in [0.25, 0.3) is 0 Å². The van der Waals surface area contributed by atoms with Gasteiger partial charge in [0.1, 0.15) is 109 Å². The Morgan fingerprint density at radius 1 is 0.646 bits per heavy atom. The van der Waals surface area contributed by atoms with E-state index in [0.717, 1.165) is 0 Å². The largest absolute Gasteiger partial charge is 0.462 e. The molecule has 6 aliphatic heterocycles. The number of amides is 6. The van der Waals surface area contributed by atoms with E-state index in [1.54, 1.807) is 51.1 Å². The Bertz CT molecular complexity index is 3020. The van der Waals surface area contributed by atoms with Crippen molar-refractivity contribution in [3.05, 3.63) is 65.7 Å². The van der Waals surface area contributed by atoms with Gasteiger partial charge in [0.25, 0.3) is 0 Å². The van der Waals surface area contributed by atoms with E-state index >= 15 is 9.59 Å². The molecule has 2 aromatic rings. The molecule has 27 atom stereocenters. The van der Waals surface area contributed by atoms with Gasteiger partial charge in [0, 0.05) is 18.8 Å². The van der Waals surface area contributed by atoms with Crippen molar-refractivity contribution < 1.29 is 133 Å². The van der Waals surface area contributed by atoms with Crippen molar-refractivity contribution in [1.29, 1.82) is 0 Å². The molecule has 0 aromatic heterocycles. The zero-order chi connectivity index (χ0) is 70.1. The third-order valence-electron chi connectivity index (χ3n) is 17.4. The van der Waals surface area contributed by atoms with E-state index in [1.807, 2.05) is 0 Å². The molecule has 6 amide bonds. The molecule has 38 nitrogen and oxygen atoms in total. The molecular weight excluding hydrogens is 1280 g/mol. The van der Waals surface area contributed by atoms with Gasteiger partial charge in [0.15, 0.2) is 37.0 Å². The van der Waals surface area contributed by atoms with Crippen LogP contribution in [0, 0.1) is 5.92 Å². The van der Waals surface area contributed by atoms with Crippen molar-refractivity contribution in [2.75, 3.05) is 39.5 Å². The van der Waals surface area contributed by atoms with Crippen LogP contribution in [0.3, 0.4) is 0 Å². The monoisotopic (exact) mass is 1370 g/mol. The molecule has 0 spiro atoms. The van der Waals surface area contributed by atoms with E-state index in [1.165, 1.54) is 24.3 Å². The van der Waals surface area contributed by atoms with Gasteiger partial charge in [-0.05, 0) is 29.2 Å². The van der Waals surface area contributed by atoms with Crippen LogP contribution < -0.4 is 63.6 Å². The van der Waals surface area contributed by atoms with Crippen molar-refractivity contribution in [3.63, 3.8) is 0 Å². The number of benzene rings is 2. The third kappa shape index (κ3) is 17.5. The Hall–Kier alpha value is -7.00. The van der Waals surface area contributed by atoms with Gasteiger partial charge in [-0.2, -0.15) is 0 Å². The molecule has 6 heterocycles. The molecule has 5 fully saturated rings. The molecule has 6 aliphatic rings. The molecule has 5 saturated heterocycles. The van der Waals surface area contributed by atoms with Crippen molar-refractivity contribution in [1.82, 2.24) is 42.5 Å². The molecule has 0 aliphatic carbocycles. The minimum absolute atomic E-state index is 0.0827. The fourth-order valence-electron chi connectivity index (χ4n) is 12.0. The number of hydrogen-bond donors (Lipinski definition) is 24. The maximum absolute atomic E-state index is 15.1. The van der Waals surface area contributed by atoms with E-state index in [0.29, 0.717) is 5.56 Å². The summed E-state index contributed by atoms with van der Waals surface area (Å²) in [5, 5.41) is 162. The number of carbonyl (C=O) groups excluding carboxylic acids is 7. The summed E-state index contributed by atoms with van der Waals surface area (Å²) in [6.45, 7) is 0.517. The summed E-state index contributed by atoms with van der Waals surface area (Å²) in [5.41, 5.74) is 12.9. The van der Waals surface area contributed by atoms with Crippen LogP contribution >= 0.6 is 0 Å². The standard InChI is InChI=1S/C58H86N12O26/c1-21(2)13-33(75)94-47-39(78)30(19-72)92-56(45(47)84)95-46-31(20-73)93-55(44(83)41(46)80)91-25-11-9-23(10-12-25)14-26-49(86)68-35(37(76)27-15-62-57(59)66-27)52(89)69-36(38(77)29-16-63-58(60)70(29)53-42(81)40(79)43(82)54(90)96-53)51(88)65-28(18-71)48(85)61-17-32(74)67-34(50(87)64-26)22(3)24-7-5-4-6-8-24/h4-12,21-22,26-31,34-47,53-56,58,63,71-73,76-84,90H,13-20,60H2,1-3H3,(H,61,85)(H,64,87)(H,65,88)(H,67,74)(H,68,86)(H,69,89)(H3,59,62,66)/p+1. The molecule has 2 aromatic carbocycles. The minimum Gasteiger partial charge on any atom is -0.462 e. The fourth-order valence-corrected chi connectivity index (χ4v) is 12.0. The average Bonchev–Trinajstić information content (AvgIpc) is 1.45. The van der Waals surface area contributed by atoms with Crippen molar-refractivity contribution in [2.24, 2.45) is 22.4 Å². The lowest BCUT2D eigenvalue weighted by Gasteiger charge is -2.46. The quantitative estimate of drug-likeness (QED) is 0.0581. The Morgan fingerprint density at radius 3 is 1.91 bits per heavy atom. The minimum atomic E-state index is -2.31. The second-order valence-corrected chi connectivity index (χ2v) is 24.6. The predicted octanol–water partition coefficient (Wildman–Crippen LogP) is -14.0. The van der Waals surface area contributed by atoms with Crippen LogP contribution in [0.5, 0.6) is 5.75 Å². The molecule has 8 rings (SSSR count). The van der Waals surface area contributed by atoms with E-state index < -0.39 is 233 Å². The smallest absolute Gasteiger partial charge is 0.306 e. The summed E-state index contributed by atoms with van der Waals surface area (Å²) in [7, 11) is 0. The molecule has 0 bridgehead atoms. The zero-order valence-electron chi connectivity index (χ0n) is 52.2. The van der Waals surface area contributed by atoms with Gasteiger partial charge >= 0.3 is 5.97 Å². The van der Waals surface area contributed by atoms with Crippen molar-refractivity contribution in [3.8, 4) is 5.75 Å². The highest BCUT2D eigenvalue weighted by Crippen LogP contribution is 2.32. The molecule has 96 heavy (non-hydrogen) atoms. The van der Waals surface area contributed by atoms with Crippen LogP contribution in [0.15, 0.2) is 59.6 Å². The van der Waals surface area contributed by atoms with Gasteiger partial charge in [-0.15, -0.1) is 0 Å². The van der Waals surface area contributed by atoms with Crippen LogP contribution in [-0.4, -0.2) is 306 Å². The lowest BCUT2D eigenvalue weighted by Crippen LogP contribution is -3.25. The molecule has 27 unspecified atom stereocenters. The number of guanidine groups is 1. The highest BCUT2D eigenvalue weighted by Gasteiger charge is 2.57. The fraction of sp³-hybridized carbons (Fsp3) is 0.655. The number of nitrogens with zero attached hydrogens (tertiary/aromatic N) is 1. The van der Waals surface area contributed by atoms with Crippen LogP contribution in [0.2, 0.25) is 0 Å². The normalized spacial score (nSPS) is 37.8. The van der Waals surface area contributed by atoms with Gasteiger partial charge < -0.3 is 133 Å². The second kappa shape index (κ2) is 33.0. The molecule has 0 saturated carbocycles. The first-order valence-corrected chi connectivity index (χ1v) is 31.0. The lowest BCUT2D eigenvalue weighted by molar-refractivity contribution is -0.991. The van der Waals surface area contributed by atoms with Crippen molar-refractivity contribution >= 4 is 47.4 Å². The predicted molar refractivity (Wildman–Crippen MR) is 320 cm³/mol. The number of nitrogens with two attached hydrogens (primary N) is 2. The SMILES string of the molecule is CC(C)CC(=O)OC1C(O)C(CO)OC(OC2C(CO)OC(Oc3ccc(CC4NC(=O)C(C(C)c5ccccc5)NC(=O)CNC(=O)C(CO)NC(=O)C(C(O)C5CNC(N)[NH+]5C5OC(O)C(O)C(O)C5O)NC(=O)C(C(O)C5CN=C(N)N5)NC4=O)cc3)C(O)C2O)C1O. The summed E-state index contributed by atoms with van der Waals surface area (Å²) in [5.74, 6) is -9.46. The first kappa shape index (κ1) is 74.8. The summed E-state index contributed by atoms with van der Waals surface area (Å²) in [6.07, 6.45) is -33.9. The summed E-state index contributed by atoms with van der Waals surface area (Å²) >= 11 is 0.